The van der Waals surface area contributed by atoms with E-state index in [-0.39, 0.29) is 5.54 Å². The summed E-state index contributed by atoms with van der Waals surface area (Å²) in [5.74, 6) is 0.661. The van der Waals surface area contributed by atoms with Crippen LogP contribution in [0.3, 0.4) is 0 Å². The molecule has 104 valence electrons. The van der Waals surface area contributed by atoms with Gasteiger partial charge in [0.2, 0.25) is 0 Å². The molecule has 3 nitrogen and oxygen atoms in total. The summed E-state index contributed by atoms with van der Waals surface area (Å²) in [6.07, 6.45) is -0.480. The van der Waals surface area contributed by atoms with Gasteiger partial charge in [0.05, 0.1) is 8.95 Å². The van der Waals surface area contributed by atoms with Gasteiger partial charge in [0.25, 0.3) is 0 Å². The van der Waals surface area contributed by atoms with Crippen molar-refractivity contribution >= 4 is 31.9 Å². The maximum atomic E-state index is 8.79. The fourth-order valence-electron chi connectivity index (χ4n) is 1.40. The Morgan fingerprint density at radius 1 is 1.32 bits per heavy atom. The highest BCUT2D eigenvalue weighted by Crippen LogP contribution is 2.35. The molecule has 1 rings (SSSR count). The molecule has 5 heteroatoms. The summed E-state index contributed by atoms with van der Waals surface area (Å²) in [5, 5.41) is 12.2. The summed E-state index contributed by atoms with van der Waals surface area (Å²) < 4.78 is 7.23. The Labute approximate surface area is 131 Å². The second-order valence-electron chi connectivity index (χ2n) is 5.38. The lowest BCUT2D eigenvalue weighted by Crippen LogP contribution is -2.35. The minimum absolute atomic E-state index is 0.0729. The van der Waals surface area contributed by atoms with Crippen molar-refractivity contribution in [3.05, 3.63) is 26.6 Å². The SMILES string of the molecule is CC(C#N)Oc1c(Br)cc(CNC(C)(C)C)cc1Br. The van der Waals surface area contributed by atoms with E-state index in [2.05, 4.69) is 64.0 Å². The van der Waals surface area contributed by atoms with Crippen molar-refractivity contribution in [1.82, 2.24) is 5.32 Å². The van der Waals surface area contributed by atoms with E-state index in [4.69, 9.17) is 10.00 Å². The number of hydrogen-bond donors (Lipinski definition) is 1. The molecule has 0 bridgehead atoms. The fourth-order valence-corrected chi connectivity index (χ4v) is 2.87. The number of benzene rings is 1. The van der Waals surface area contributed by atoms with Crippen LogP contribution in [0.15, 0.2) is 21.1 Å². The summed E-state index contributed by atoms with van der Waals surface area (Å²) in [4.78, 5) is 0. The third-order valence-corrected chi connectivity index (χ3v) is 3.54. The van der Waals surface area contributed by atoms with Crippen LogP contribution in [0.25, 0.3) is 0 Å². The second-order valence-corrected chi connectivity index (χ2v) is 7.09. The van der Waals surface area contributed by atoms with Crippen LogP contribution in [0.4, 0.5) is 0 Å². The number of ether oxygens (including phenoxy) is 1. The van der Waals surface area contributed by atoms with Crippen LogP contribution in [0, 0.1) is 11.3 Å². The topological polar surface area (TPSA) is 45.0 Å². The Balaban J connectivity index is 2.88. The van der Waals surface area contributed by atoms with Gasteiger partial charge in [-0.05, 0) is 77.3 Å². The molecule has 0 spiro atoms. The van der Waals surface area contributed by atoms with E-state index in [1.54, 1.807) is 6.92 Å². The molecule has 19 heavy (non-hydrogen) atoms. The monoisotopic (exact) mass is 388 g/mol. The Morgan fingerprint density at radius 3 is 2.26 bits per heavy atom. The molecule has 0 amide bonds. The Hall–Kier alpha value is -0.570. The van der Waals surface area contributed by atoms with Crippen LogP contribution in [0.5, 0.6) is 5.75 Å². The van der Waals surface area contributed by atoms with E-state index in [1.165, 1.54) is 0 Å². The standard InChI is InChI=1S/C14H18Br2N2O/c1-9(7-17)19-13-11(15)5-10(6-12(13)16)8-18-14(2,3)4/h5-6,9,18H,8H2,1-4H3. The summed E-state index contributed by atoms with van der Waals surface area (Å²) in [6.45, 7) is 8.87. The van der Waals surface area contributed by atoms with Crippen molar-refractivity contribution in [3.8, 4) is 11.8 Å². The molecule has 0 fully saturated rings. The van der Waals surface area contributed by atoms with E-state index < -0.39 is 6.10 Å². The summed E-state index contributed by atoms with van der Waals surface area (Å²) in [7, 11) is 0. The van der Waals surface area contributed by atoms with Crippen molar-refractivity contribution in [1.29, 1.82) is 5.26 Å². The Morgan fingerprint density at radius 2 is 1.84 bits per heavy atom. The maximum Gasteiger partial charge on any atom is 0.181 e. The first-order valence-electron chi connectivity index (χ1n) is 6.02. The van der Waals surface area contributed by atoms with Gasteiger partial charge in [0, 0.05) is 12.1 Å². The van der Waals surface area contributed by atoms with Gasteiger partial charge in [-0.1, -0.05) is 0 Å². The summed E-state index contributed by atoms with van der Waals surface area (Å²) in [6, 6.07) is 6.06. The quantitative estimate of drug-likeness (QED) is 0.830. The van der Waals surface area contributed by atoms with E-state index in [1.807, 2.05) is 12.1 Å². The zero-order chi connectivity index (χ0) is 14.6. The number of hydrogen-bond acceptors (Lipinski definition) is 3. The molecule has 0 aromatic heterocycles. The number of nitriles is 1. The molecule has 0 aliphatic heterocycles. The van der Waals surface area contributed by atoms with Crippen LogP contribution in [0.1, 0.15) is 33.3 Å². The van der Waals surface area contributed by atoms with Gasteiger partial charge in [-0.2, -0.15) is 5.26 Å². The summed E-state index contributed by atoms with van der Waals surface area (Å²) in [5.41, 5.74) is 1.22. The lowest BCUT2D eigenvalue weighted by molar-refractivity contribution is 0.273. The third-order valence-electron chi connectivity index (χ3n) is 2.36. The number of nitrogens with zero attached hydrogens (tertiary/aromatic N) is 1. The first kappa shape index (κ1) is 16.5. The normalized spacial score (nSPS) is 12.9. The van der Waals surface area contributed by atoms with Crippen molar-refractivity contribution in [2.75, 3.05) is 0 Å². The molecular weight excluding hydrogens is 372 g/mol. The molecule has 0 aliphatic rings. The van der Waals surface area contributed by atoms with E-state index >= 15 is 0 Å². The molecule has 1 unspecified atom stereocenters. The molecule has 0 saturated carbocycles. The molecule has 0 saturated heterocycles. The molecule has 1 aromatic rings. The molecular formula is C14H18Br2N2O. The van der Waals surface area contributed by atoms with Crippen LogP contribution >= 0.6 is 31.9 Å². The first-order valence-corrected chi connectivity index (χ1v) is 7.61. The largest absolute Gasteiger partial charge is 0.474 e. The van der Waals surface area contributed by atoms with E-state index in [0.29, 0.717) is 5.75 Å². The van der Waals surface area contributed by atoms with Gasteiger partial charge >= 0.3 is 0 Å². The smallest absolute Gasteiger partial charge is 0.181 e. The minimum atomic E-state index is -0.480. The predicted octanol–water partition coefficient (Wildman–Crippen LogP) is 4.39. The molecule has 0 aliphatic carbocycles. The van der Waals surface area contributed by atoms with Gasteiger partial charge in [-0.3, -0.25) is 0 Å². The second kappa shape index (κ2) is 6.74. The third kappa shape index (κ3) is 5.52. The predicted molar refractivity (Wildman–Crippen MR) is 84.1 cm³/mol. The van der Waals surface area contributed by atoms with Crippen molar-refractivity contribution in [2.45, 2.75) is 45.9 Å². The van der Waals surface area contributed by atoms with Crippen LogP contribution in [0.2, 0.25) is 0 Å². The fraction of sp³-hybridized carbons (Fsp3) is 0.500. The van der Waals surface area contributed by atoms with Crippen molar-refractivity contribution < 1.29 is 4.74 Å². The van der Waals surface area contributed by atoms with Crippen molar-refractivity contribution in [3.63, 3.8) is 0 Å². The van der Waals surface area contributed by atoms with Gasteiger partial charge in [-0.15, -0.1) is 0 Å². The highest BCUT2D eigenvalue weighted by atomic mass is 79.9. The minimum Gasteiger partial charge on any atom is -0.474 e. The molecule has 1 N–H and O–H groups in total. The Bertz CT molecular complexity index is 466. The van der Waals surface area contributed by atoms with Crippen LogP contribution in [-0.4, -0.2) is 11.6 Å². The lowest BCUT2D eigenvalue weighted by Gasteiger charge is -2.21. The van der Waals surface area contributed by atoms with Crippen LogP contribution < -0.4 is 10.1 Å². The Kier molecular flexibility index (Phi) is 5.84. The highest BCUT2D eigenvalue weighted by molar-refractivity contribution is 9.11. The zero-order valence-electron chi connectivity index (χ0n) is 11.6. The molecule has 0 heterocycles. The first-order chi connectivity index (χ1) is 8.73. The highest BCUT2D eigenvalue weighted by Gasteiger charge is 2.14. The summed E-state index contributed by atoms with van der Waals surface area (Å²) >= 11 is 6.97. The maximum absolute atomic E-state index is 8.79. The van der Waals surface area contributed by atoms with Gasteiger partial charge in [0.15, 0.2) is 6.10 Å². The molecule has 1 atom stereocenters. The van der Waals surface area contributed by atoms with Crippen molar-refractivity contribution in [2.24, 2.45) is 0 Å². The van der Waals surface area contributed by atoms with Crippen LogP contribution in [-0.2, 0) is 6.54 Å². The van der Waals surface area contributed by atoms with Gasteiger partial charge in [-0.25, -0.2) is 0 Å². The number of halogens is 2. The van der Waals surface area contributed by atoms with E-state index in [9.17, 15) is 0 Å². The average Bonchev–Trinajstić information content (AvgIpc) is 2.30. The van der Waals surface area contributed by atoms with Gasteiger partial charge in [0.1, 0.15) is 11.8 Å². The zero-order valence-corrected chi connectivity index (χ0v) is 14.7. The number of rotatable bonds is 4. The lowest BCUT2D eigenvalue weighted by atomic mass is 10.1. The average molecular weight is 390 g/mol. The van der Waals surface area contributed by atoms with Gasteiger partial charge < -0.3 is 10.1 Å². The molecule has 0 radical (unpaired) electrons. The van der Waals surface area contributed by atoms with E-state index in [0.717, 1.165) is 21.1 Å². The number of nitrogens with one attached hydrogen (secondary N) is 1. The molecule has 1 aromatic carbocycles.